The number of para-hydroxylation sites is 1. The van der Waals surface area contributed by atoms with Gasteiger partial charge in [-0.3, -0.25) is 4.55 Å². The molecule has 0 bridgehead atoms. The number of hydrogen-bond acceptors (Lipinski definition) is 3. The third-order valence-electron chi connectivity index (χ3n) is 2.14. The number of rotatable bonds is 3. The maximum atomic E-state index is 10.9. The van der Waals surface area contributed by atoms with Crippen LogP contribution in [-0.4, -0.2) is 25.4 Å². The standard InChI is InChI=1S/C9H13NO3S/c1-8(14(11,12)13)10(2)9-6-4-3-5-7-9/h3-8H,1-2H3,(H,11,12,13). The average molecular weight is 215 g/mol. The predicted molar refractivity (Wildman–Crippen MR) is 55.9 cm³/mol. The first-order valence-electron chi connectivity index (χ1n) is 4.17. The minimum Gasteiger partial charge on any atom is -0.356 e. The van der Waals surface area contributed by atoms with Crippen LogP contribution in [0.4, 0.5) is 5.69 Å². The second-order valence-corrected chi connectivity index (χ2v) is 4.77. The molecule has 1 rings (SSSR count). The monoisotopic (exact) mass is 215 g/mol. The summed E-state index contributed by atoms with van der Waals surface area (Å²) in [5, 5.41) is -0.940. The highest BCUT2D eigenvalue weighted by Gasteiger charge is 2.21. The zero-order valence-electron chi connectivity index (χ0n) is 8.08. The highest BCUT2D eigenvalue weighted by molar-refractivity contribution is 7.86. The summed E-state index contributed by atoms with van der Waals surface area (Å²) in [6.07, 6.45) is 0. The number of hydrogen-bond donors (Lipinski definition) is 1. The molecular formula is C9H13NO3S. The number of benzene rings is 1. The molecule has 0 saturated carbocycles. The van der Waals surface area contributed by atoms with Gasteiger partial charge in [0.15, 0.2) is 5.37 Å². The van der Waals surface area contributed by atoms with Crippen molar-refractivity contribution < 1.29 is 13.0 Å². The predicted octanol–water partition coefficient (Wildman–Crippen LogP) is 1.36. The van der Waals surface area contributed by atoms with Gasteiger partial charge in [0.2, 0.25) is 0 Å². The molecule has 1 aromatic carbocycles. The summed E-state index contributed by atoms with van der Waals surface area (Å²) in [5.41, 5.74) is 0.748. The van der Waals surface area contributed by atoms with Crippen molar-refractivity contribution in [2.45, 2.75) is 12.3 Å². The summed E-state index contributed by atoms with van der Waals surface area (Å²) in [4.78, 5) is 1.50. The van der Waals surface area contributed by atoms with Crippen molar-refractivity contribution in [3.05, 3.63) is 30.3 Å². The summed E-state index contributed by atoms with van der Waals surface area (Å²) in [6, 6.07) is 9.02. The largest absolute Gasteiger partial charge is 0.356 e. The first-order chi connectivity index (χ1) is 6.43. The van der Waals surface area contributed by atoms with E-state index in [9.17, 15) is 8.42 Å². The fourth-order valence-electron chi connectivity index (χ4n) is 1.07. The first-order valence-corrected chi connectivity index (χ1v) is 5.67. The van der Waals surface area contributed by atoms with Gasteiger partial charge in [-0.05, 0) is 19.1 Å². The molecule has 0 aliphatic rings. The highest BCUT2D eigenvalue weighted by atomic mass is 32.2. The van der Waals surface area contributed by atoms with Crippen molar-refractivity contribution in [3.8, 4) is 0 Å². The molecule has 0 aliphatic carbocycles. The van der Waals surface area contributed by atoms with E-state index in [0.29, 0.717) is 0 Å². The molecule has 1 N–H and O–H groups in total. The van der Waals surface area contributed by atoms with Gasteiger partial charge < -0.3 is 4.90 Å². The minimum atomic E-state index is -4.02. The van der Waals surface area contributed by atoms with E-state index in [1.807, 2.05) is 18.2 Å². The van der Waals surface area contributed by atoms with Crippen LogP contribution in [0.3, 0.4) is 0 Å². The van der Waals surface area contributed by atoms with Crippen LogP contribution < -0.4 is 4.90 Å². The van der Waals surface area contributed by atoms with Crippen molar-refractivity contribution >= 4 is 15.8 Å². The minimum absolute atomic E-state index is 0.748. The lowest BCUT2D eigenvalue weighted by molar-refractivity contribution is 0.469. The summed E-state index contributed by atoms with van der Waals surface area (Å²) >= 11 is 0. The van der Waals surface area contributed by atoms with E-state index < -0.39 is 15.5 Å². The van der Waals surface area contributed by atoms with Gasteiger partial charge >= 0.3 is 0 Å². The molecule has 1 unspecified atom stereocenters. The lowest BCUT2D eigenvalue weighted by atomic mass is 10.3. The molecule has 0 aromatic heterocycles. The van der Waals surface area contributed by atoms with Gasteiger partial charge in [-0.15, -0.1) is 0 Å². The molecule has 14 heavy (non-hydrogen) atoms. The number of nitrogens with zero attached hydrogens (tertiary/aromatic N) is 1. The Morgan fingerprint density at radius 2 is 1.79 bits per heavy atom. The van der Waals surface area contributed by atoms with E-state index >= 15 is 0 Å². The second-order valence-electron chi connectivity index (χ2n) is 3.06. The summed E-state index contributed by atoms with van der Waals surface area (Å²) in [5.74, 6) is 0. The zero-order chi connectivity index (χ0) is 10.8. The molecule has 0 saturated heterocycles. The molecule has 0 aliphatic heterocycles. The van der Waals surface area contributed by atoms with Crippen molar-refractivity contribution in [3.63, 3.8) is 0 Å². The topological polar surface area (TPSA) is 57.6 Å². The molecule has 1 aromatic rings. The Bertz CT molecular complexity index is 388. The molecule has 0 spiro atoms. The van der Waals surface area contributed by atoms with Gasteiger partial charge in [0.05, 0.1) is 0 Å². The van der Waals surface area contributed by atoms with Crippen LogP contribution in [0.25, 0.3) is 0 Å². The molecule has 0 fully saturated rings. The Labute approximate surface area is 83.9 Å². The molecular weight excluding hydrogens is 202 g/mol. The summed E-state index contributed by atoms with van der Waals surface area (Å²) < 4.78 is 30.6. The third-order valence-corrected chi connectivity index (χ3v) is 3.32. The van der Waals surface area contributed by atoms with Crippen LogP contribution >= 0.6 is 0 Å². The van der Waals surface area contributed by atoms with Crippen LogP contribution in [0.15, 0.2) is 30.3 Å². The Kier molecular flexibility index (Phi) is 3.13. The van der Waals surface area contributed by atoms with Crippen LogP contribution in [0.2, 0.25) is 0 Å². The Morgan fingerprint density at radius 1 is 1.29 bits per heavy atom. The Morgan fingerprint density at radius 3 is 2.21 bits per heavy atom. The van der Waals surface area contributed by atoms with Gasteiger partial charge in [0.1, 0.15) is 0 Å². The highest BCUT2D eigenvalue weighted by Crippen LogP contribution is 2.16. The van der Waals surface area contributed by atoms with Crippen molar-refractivity contribution in [1.82, 2.24) is 0 Å². The molecule has 0 radical (unpaired) electrons. The van der Waals surface area contributed by atoms with Crippen LogP contribution in [-0.2, 0) is 10.1 Å². The Balaban J connectivity index is 2.92. The third kappa shape index (κ3) is 2.46. The normalized spacial score (nSPS) is 13.6. The Hall–Kier alpha value is -1.07. The van der Waals surface area contributed by atoms with Crippen LogP contribution in [0.1, 0.15) is 6.92 Å². The molecule has 0 heterocycles. The van der Waals surface area contributed by atoms with E-state index in [2.05, 4.69) is 0 Å². The van der Waals surface area contributed by atoms with Gasteiger partial charge in [-0.25, -0.2) is 0 Å². The first kappa shape index (κ1) is 11.0. The van der Waals surface area contributed by atoms with E-state index in [1.54, 1.807) is 19.2 Å². The summed E-state index contributed by atoms with van der Waals surface area (Å²) in [7, 11) is -2.41. The maximum absolute atomic E-state index is 10.9. The molecule has 5 heteroatoms. The van der Waals surface area contributed by atoms with Crippen molar-refractivity contribution in [1.29, 1.82) is 0 Å². The molecule has 0 amide bonds. The molecule has 4 nitrogen and oxygen atoms in total. The fourth-order valence-corrected chi connectivity index (χ4v) is 1.59. The number of anilines is 1. The van der Waals surface area contributed by atoms with E-state index in [-0.39, 0.29) is 0 Å². The summed E-state index contributed by atoms with van der Waals surface area (Å²) in [6.45, 7) is 1.43. The maximum Gasteiger partial charge on any atom is 0.286 e. The van der Waals surface area contributed by atoms with Crippen LogP contribution in [0, 0.1) is 0 Å². The lowest BCUT2D eigenvalue weighted by Gasteiger charge is -2.24. The second kappa shape index (κ2) is 3.98. The van der Waals surface area contributed by atoms with Gasteiger partial charge in [0, 0.05) is 12.7 Å². The van der Waals surface area contributed by atoms with Crippen LogP contribution in [0.5, 0.6) is 0 Å². The molecule has 1 atom stereocenters. The van der Waals surface area contributed by atoms with E-state index in [1.165, 1.54) is 11.8 Å². The van der Waals surface area contributed by atoms with E-state index in [4.69, 9.17) is 4.55 Å². The fraction of sp³-hybridized carbons (Fsp3) is 0.333. The quantitative estimate of drug-likeness (QED) is 0.773. The smallest absolute Gasteiger partial charge is 0.286 e. The zero-order valence-corrected chi connectivity index (χ0v) is 8.90. The average Bonchev–Trinajstić information content (AvgIpc) is 2.15. The van der Waals surface area contributed by atoms with Gasteiger partial charge in [0.25, 0.3) is 10.1 Å². The van der Waals surface area contributed by atoms with Gasteiger partial charge in [-0.1, -0.05) is 18.2 Å². The van der Waals surface area contributed by atoms with E-state index in [0.717, 1.165) is 5.69 Å². The SMILES string of the molecule is CC(N(C)c1ccccc1)S(=O)(=O)O. The lowest BCUT2D eigenvalue weighted by Crippen LogP contribution is -2.35. The van der Waals surface area contributed by atoms with Crippen molar-refractivity contribution in [2.24, 2.45) is 0 Å². The molecule has 78 valence electrons. The van der Waals surface area contributed by atoms with Gasteiger partial charge in [-0.2, -0.15) is 8.42 Å². The van der Waals surface area contributed by atoms with Crippen molar-refractivity contribution in [2.75, 3.05) is 11.9 Å².